The van der Waals surface area contributed by atoms with Gasteiger partial charge in [-0.25, -0.2) is 4.39 Å². The Morgan fingerprint density at radius 3 is 2.62 bits per heavy atom. The van der Waals surface area contributed by atoms with Crippen LogP contribution in [0.3, 0.4) is 0 Å². The molecule has 1 heterocycles. The Bertz CT molecular complexity index is 398. The Hall–Kier alpha value is -1.70. The lowest BCUT2D eigenvalue weighted by Crippen LogP contribution is -1.80. The van der Waals surface area contributed by atoms with Crippen molar-refractivity contribution < 1.29 is 4.39 Å². The van der Waals surface area contributed by atoms with Crippen molar-refractivity contribution in [3.05, 3.63) is 54.6 Å². The molecular weight excluding hydrogens is 165 g/mol. The number of benzene rings is 1. The van der Waals surface area contributed by atoms with Gasteiger partial charge in [-0.15, -0.1) is 0 Å². The van der Waals surface area contributed by atoms with Gasteiger partial charge in [0.25, 0.3) is 0 Å². The molecule has 2 rings (SSSR count). The maximum Gasteiger partial charge on any atom is 0.123 e. The van der Waals surface area contributed by atoms with E-state index < -0.39 is 0 Å². The van der Waals surface area contributed by atoms with Crippen molar-refractivity contribution in [2.45, 2.75) is 0 Å². The number of pyridine rings is 1. The fourth-order valence-corrected chi connectivity index (χ4v) is 1.14. The summed E-state index contributed by atoms with van der Waals surface area (Å²) in [6, 6.07) is 11.0. The van der Waals surface area contributed by atoms with Gasteiger partial charge in [0.2, 0.25) is 0 Å². The van der Waals surface area contributed by atoms with Crippen LogP contribution in [0.4, 0.5) is 4.39 Å². The van der Waals surface area contributed by atoms with Crippen molar-refractivity contribution in [2.75, 3.05) is 0 Å². The van der Waals surface area contributed by atoms with E-state index in [1.54, 1.807) is 18.5 Å². The van der Waals surface area contributed by atoms with Crippen LogP contribution in [-0.4, -0.2) is 4.98 Å². The maximum absolute atomic E-state index is 12.8. The summed E-state index contributed by atoms with van der Waals surface area (Å²) in [5.41, 5.74) is 1.68. The molecule has 1 nitrogen and oxygen atoms in total. The SMILES string of the molecule is Fc1cc[c]c(-c2ccncc2)c1. The van der Waals surface area contributed by atoms with E-state index in [0.29, 0.717) is 0 Å². The van der Waals surface area contributed by atoms with Gasteiger partial charge in [-0.3, -0.25) is 4.98 Å². The molecule has 0 N–H and O–H groups in total. The molecule has 1 radical (unpaired) electrons. The first kappa shape index (κ1) is 7.92. The highest BCUT2D eigenvalue weighted by Gasteiger charge is 1.97. The van der Waals surface area contributed by atoms with Crippen LogP contribution < -0.4 is 0 Å². The molecule has 1 aromatic carbocycles. The van der Waals surface area contributed by atoms with Crippen molar-refractivity contribution in [2.24, 2.45) is 0 Å². The number of aromatic nitrogens is 1. The van der Waals surface area contributed by atoms with E-state index >= 15 is 0 Å². The molecule has 0 fully saturated rings. The molecule has 1 aromatic heterocycles. The molecule has 0 bridgehead atoms. The van der Waals surface area contributed by atoms with Crippen molar-refractivity contribution in [1.82, 2.24) is 4.98 Å². The van der Waals surface area contributed by atoms with Crippen LogP contribution in [0.1, 0.15) is 0 Å². The largest absolute Gasteiger partial charge is 0.265 e. The van der Waals surface area contributed by atoms with Gasteiger partial charge in [-0.2, -0.15) is 0 Å². The van der Waals surface area contributed by atoms with E-state index in [-0.39, 0.29) is 5.82 Å². The normalized spacial score (nSPS) is 9.92. The minimum Gasteiger partial charge on any atom is -0.265 e. The molecular formula is C11H7FN. The van der Waals surface area contributed by atoms with E-state index in [1.807, 2.05) is 12.1 Å². The Balaban J connectivity index is 2.48. The van der Waals surface area contributed by atoms with E-state index in [2.05, 4.69) is 11.1 Å². The Morgan fingerprint density at radius 1 is 1.15 bits per heavy atom. The molecule has 0 saturated carbocycles. The maximum atomic E-state index is 12.8. The topological polar surface area (TPSA) is 12.9 Å². The molecule has 0 unspecified atom stereocenters. The number of nitrogens with zero attached hydrogens (tertiary/aromatic N) is 1. The van der Waals surface area contributed by atoms with E-state index in [0.717, 1.165) is 11.1 Å². The molecule has 2 aromatic rings. The third-order valence-corrected chi connectivity index (χ3v) is 1.75. The van der Waals surface area contributed by atoms with Crippen LogP contribution in [0.5, 0.6) is 0 Å². The zero-order valence-electron chi connectivity index (χ0n) is 6.87. The molecule has 0 aliphatic rings. The lowest BCUT2D eigenvalue weighted by atomic mass is 10.1. The van der Waals surface area contributed by atoms with Gasteiger partial charge < -0.3 is 0 Å². The summed E-state index contributed by atoms with van der Waals surface area (Å²) in [5.74, 6) is -0.245. The standard InChI is InChI=1S/C11H7FN/c12-11-3-1-2-10(8-11)9-4-6-13-7-5-9/h1,3-8H. The highest BCUT2D eigenvalue weighted by atomic mass is 19.1. The van der Waals surface area contributed by atoms with Crippen LogP contribution in [0.15, 0.2) is 42.7 Å². The molecule has 0 amide bonds. The monoisotopic (exact) mass is 172 g/mol. The van der Waals surface area contributed by atoms with Crippen LogP contribution in [0.25, 0.3) is 11.1 Å². The predicted molar refractivity (Wildman–Crippen MR) is 48.5 cm³/mol. The second-order valence-corrected chi connectivity index (χ2v) is 2.66. The van der Waals surface area contributed by atoms with Gasteiger partial charge in [0.05, 0.1) is 0 Å². The van der Waals surface area contributed by atoms with Crippen LogP contribution in [0.2, 0.25) is 0 Å². The molecule has 0 aliphatic carbocycles. The predicted octanol–water partition coefficient (Wildman–Crippen LogP) is 2.69. The Kier molecular flexibility index (Phi) is 2.04. The zero-order chi connectivity index (χ0) is 9.10. The third-order valence-electron chi connectivity index (χ3n) is 1.75. The molecule has 63 valence electrons. The first-order valence-electron chi connectivity index (χ1n) is 3.94. The van der Waals surface area contributed by atoms with Gasteiger partial charge in [0.1, 0.15) is 5.82 Å². The zero-order valence-corrected chi connectivity index (χ0v) is 6.87. The average Bonchev–Trinajstić information content (AvgIpc) is 2.19. The molecule has 2 heteroatoms. The summed E-state index contributed by atoms with van der Waals surface area (Å²) in [7, 11) is 0. The summed E-state index contributed by atoms with van der Waals surface area (Å²) in [6.45, 7) is 0. The summed E-state index contributed by atoms with van der Waals surface area (Å²) in [6.07, 6.45) is 3.35. The van der Waals surface area contributed by atoms with Crippen molar-refractivity contribution in [1.29, 1.82) is 0 Å². The number of hydrogen-bond donors (Lipinski definition) is 0. The van der Waals surface area contributed by atoms with Gasteiger partial charge >= 0.3 is 0 Å². The first-order chi connectivity index (χ1) is 6.36. The van der Waals surface area contributed by atoms with Crippen molar-refractivity contribution in [3.8, 4) is 11.1 Å². The summed E-state index contributed by atoms with van der Waals surface area (Å²) < 4.78 is 12.8. The third kappa shape index (κ3) is 1.72. The van der Waals surface area contributed by atoms with E-state index in [1.165, 1.54) is 12.1 Å². The Labute approximate surface area is 75.9 Å². The highest BCUT2D eigenvalue weighted by Crippen LogP contribution is 2.17. The van der Waals surface area contributed by atoms with Crippen LogP contribution in [0, 0.1) is 11.9 Å². The summed E-state index contributed by atoms with van der Waals surface area (Å²) in [5, 5.41) is 0. The fraction of sp³-hybridized carbons (Fsp3) is 0. The molecule has 0 atom stereocenters. The van der Waals surface area contributed by atoms with Gasteiger partial charge in [-0.05, 0) is 41.5 Å². The minimum atomic E-state index is -0.245. The molecule has 0 spiro atoms. The summed E-state index contributed by atoms with van der Waals surface area (Å²) in [4.78, 5) is 3.89. The molecule has 0 saturated heterocycles. The number of halogens is 1. The van der Waals surface area contributed by atoms with Crippen molar-refractivity contribution >= 4 is 0 Å². The number of rotatable bonds is 1. The molecule has 0 aliphatic heterocycles. The fourth-order valence-electron chi connectivity index (χ4n) is 1.14. The number of hydrogen-bond acceptors (Lipinski definition) is 1. The smallest absolute Gasteiger partial charge is 0.123 e. The summed E-state index contributed by atoms with van der Waals surface area (Å²) >= 11 is 0. The quantitative estimate of drug-likeness (QED) is 0.644. The van der Waals surface area contributed by atoms with E-state index in [4.69, 9.17) is 0 Å². The van der Waals surface area contributed by atoms with Crippen molar-refractivity contribution in [3.63, 3.8) is 0 Å². The Morgan fingerprint density at radius 2 is 1.92 bits per heavy atom. The van der Waals surface area contributed by atoms with E-state index in [9.17, 15) is 4.39 Å². The van der Waals surface area contributed by atoms with Gasteiger partial charge in [-0.1, -0.05) is 6.07 Å². The van der Waals surface area contributed by atoms with Crippen LogP contribution >= 0.6 is 0 Å². The lowest BCUT2D eigenvalue weighted by Gasteiger charge is -1.98. The second kappa shape index (κ2) is 3.35. The lowest BCUT2D eigenvalue weighted by molar-refractivity contribution is 0.628. The van der Waals surface area contributed by atoms with Gasteiger partial charge in [0.15, 0.2) is 0 Å². The minimum absolute atomic E-state index is 0.245. The van der Waals surface area contributed by atoms with Crippen LogP contribution in [-0.2, 0) is 0 Å². The highest BCUT2D eigenvalue weighted by molar-refractivity contribution is 5.61. The first-order valence-corrected chi connectivity index (χ1v) is 3.94. The average molecular weight is 172 g/mol. The second-order valence-electron chi connectivity index (χ2n) is 2.66. The molecule has 13 heavy (non-hydrogen) atoms. The van der Waals surface area contributed by atoms with Gasteiger partial charge in [0, 0.05) is 12.4 Å².